The fourth-order valence-corrected chi connectivity index (χ4v) is 4.76. The molecule has 10 heteroatoms. The lowest BCUT2D eigenvalue weighted by Crippen LogP contribution is -2.30. The van der Waals surface area contributed by atoms with E-state index >= 15 is 0 Å². The number of aldehydes is 1. The van der Waals surface area contributed by atoms with Gasteiger partial charge >= 0.3 is 10.2 Å². The third-order valence-corrected chi connectivity index (χ3v) is 6.59. The van der Waals surface area contributed by atoms with Crippen LogP contribution in [0.15, 0.2) is 47.4 Å². The average molecular weight is 412 g/mol. The summed E-state index contributed by atoms with van der Waals surface area (Å²) in [6.45, 7) is -0.123. The minimum absolute atomic E-state index is 0. The van der Waals surface area contributed by atoms with Crippen LogP contribution in [0.1, 0.15) is 7.43 Å². The highest BCUT2D eigenvalue weighted by molar-refractivity contribution is 7.91. The molecule has 146 valence electrons. The van der Waals surface area contributed by atoms with Gasteiger partial charge in [-0.1, -0.05) is 25.6 Å². The lowest BCUT2D eigenvalue weighted by molar-refractivity contribution is -0.108. The summed E-state index contributed by atoms with van der Waals surface area (Å²) in [5.41, 5.74) is 1.11. The number of carbonyl (C=O) groups is 1. The molecule has 0 aliphatic carbocycles. The highest BCUT2D eigenvalue weighted by Crippen LogP contribution is 2.35. The van der Waals surface area contributed by atoms with Gasteiger partial charge in [-0.05, 0) is 35.4 Å². The second-order valence-electron chi connectivity index (χ2n) is 5.90. The highest BCUT2D eigenvalue weighted by Gasteiger charge is 2.36. The van der Waals surface area contributed by atoms with E-state index in [1.54, 1.807) is 18.2 Å². The molecular formula is C17H20N2O6S2. The van der Waals surface area contributed by atoms with Crippen LogP contribution in [-0.4, -0.2) is 47.1 Å². The van der Waals surface area contributed by atoms with E-state index in [4.69, 9.17) is 0 Å². The molecule has 3 rings (SSSR count). The van der Waals surface area contributed by atoms with Gasteiger partial charge in [0, 0.05) is 6.26 Å². The van der Waals surface area contributed by atoms with Gasteiger partial charge in [-0.3, -0.25) is 4.31 Å². The third kappa shape index (κ3) is 4.12. The van der Waals surface area contributed by atoms with Crippen molar-refractivity contribution >= 4 is 32.0 Å². The lowest BCUT2D eigenvalue weighted by Gasteiger charge is -2.18. The second-order valence-corrected chi connectivity index (χ2v) is 9.54. The molecule has 1 saturated heterocycles. The first-order valence-corrected chi connectivity index (χ1v) is 10.8. The van der Waals surface area contributed by atoms with Crippen molar-refractivity contribution in [1.29, 1.82) is 0 Å². The molecule has 0 spiro atoms. The molecular weight excluding hydrogens is 392 g/mol. The van der Waals surface area contributed by atoms with Crippen LogP contribution in [-0.2, 0) is 24.8 Å². The summed E-state index contributed by atoms with van der Waals surface area (Å²) in [6, 6.07) is 9.64. The van der Waals surface area contributed by atoms with Crippen LogP contribution < -0.4 is 9.03 Å². The summed E-state index contributed by atoms with van der Waals surface area (Å²) in [7, 11) is -7.30. The summed E-state index contributed by atoms with van der Waals surface area (Å²) >= 11 is 0. The van der Waals surface area contributed by atoms with Gasteiger partial charge in [0.25, 0.3) is 0 Å². The van der Waals surface area contributed by atoms with E-state index in [2.05, 4.69) is 4.72 Å². The summed E-state index contributed by atoms with van der Waals surface area (Å²) in [6.07, 6.45) is 1.58. The van der Waals surface area contributed by atoms with Crippen LogP contribution in [0.3, 0.4) is 0 Å². The number of hydrogen-bond acceptors (Lipinski definition) is 6. The molecule has 1 aliphatic heterocycles. The Morgan fingerprint density at radius 1 is 1.19 bits per heavy atom. The third-order valence-electron chi connectivity index (χ3n) is 3.96. The number of carbonyl (C=O) groups excluding carboxylic acids is 1. The molecule has 0 amide bonds. The monoisotopic (exact) mass is 412 g/mol. The molecule has 27 heavy (non-hydrogen) atoms. The molecule has 0 saturated carbocycles. The van der Waals surface area contributed by atoms with Crippen LogP contribution in [0, 0.1) is 0 Å². The zero-order chi connectivity index (χ0) is 19.1. The van der Waals surface area contributed by atoms with Crippen LogP contribution in [0.2, 0.25) is 0 Å². The van der Waals surface area contributed by atoms with E-state index in [0.717, 1.165) is 10.6 Å². The predicted octanol–water partition coefficient (Wildman–Crippen LogP) is 1.32. The van der Waals surface area contributed by atoms with E-state index < -0.39 is 26.1 Å². The van der Waals surface area contributed by atoms with E-state index in [0.29, 0.717) is 17.4 Å². The fourth-order valence-electron chi connectivity index (χ4n) is 2.69. The van der Waals surface area contributed by atoms with Gasteiger partial charge in [-0.25, -0.2) is 8.42 Å². The highest BCUT2D eigenvalue weighted by atomic mass is 32.2. The molecule has 1 atom stereocenters. The number of aromatic hydroxyl groups is 1. The molecule has 0 aromatic heterocycles. The van der Waals surface area contributed by atoms with Crippen molar-refractivity contribution in [3.63, 3.8) is 0 Å². The Balaban J connectivity index is 0.00000261. The molecule has 1 heterocycles. The van der Waals surface area contributed by atoms with Crippen molar-refractivity contribution in [2.45, 2.75) is 18.4 Å². The van der Waals surface area contributed by atoms with Gasteiger partial charge < -0.3 is 9.90 Å². The van der Waals surface area contributed by atoms with Gasteiger partial charge in [0.05, 0.1) is 23.2 Å². The van der Waals surface area contributed by atoms with Crippen molar-refractivity contribution in [1.82, 2.24) is 4.72 Å². The number of sulfone groups is 1. The van der Waals surface area contributed by atoms with Gasteiger partial charge in [-0.15, -0.1) is 0 Å². The first-order chi connectivity index (χ1) is 12.1. The Bertz CT molecular complexity index is 1080. The predicted molar refractivity (Wildman–Crippen MR) is 103 cm³/mol. The topological polar surface area (TPSA) is 121 Å². The Morgan fingerprint density at radius 3 is 2.41 bits per heavy atom. The summed E-state index contributed by atoms with van der Waals surface area (Å²) < 4.78 is 50.6. The maximum atomic E-state index is 12.1. The molecule has 1 unspecified atom stereocenters. The van der Waals surface area contributed by atoms with Gasteiger partial charge in [-0.2, -0.15) is 13.1 Å². The Morgan fingerprint density at radius 2 is 1.85 bits per heavy atom. The number of benzene rings is 2. The molecule has 0 bridgehead atoms. The molecule has 0 radical (unpaired) electrons. The normalized spacial score (nSPS) is 18.7. The minimum Gasteiger partial charge on any atom is -0.506 e. The molecule has 2 aromatic carbocycles. The van der Waals surface area contributed by atoms with Crippen LogP contribution in [0.5, 0.6) is 5.75 Å². The zero-order valence-corrected chi connectivity index (χ0v) is 15.3. The summed E-state index contributed by atoms with van der Waals surface area (Å²) in [5, 5.41) is 10.3. The van der Waals surface area contributed by atoms with Crippen molar-refractivity contribution in [2.75, 3.05) is 17.1 Å². The molecule has 1 aliphatic rings. The van der Waals surface area contributed by atoms with E-state index in [1.165, 1.54) is 24.3 Å². The maximum Gasteiger partial charge on any atom is 0.302 e. The first-order valence-electron chi connectivity index (χ1n) is 7.50. The molecule has 8 nitrogen and oxygen atoms in total. The van der Waals surface area contributed by atoms with E-state index in [-0.39, 0.29) is 30.3 Å². The molecule has 2 aromatic rings. The van der Waals surface area contributed by atoms with Gasteiger partial charge in [0.15, 0.2) is 9.84 Å². The van der Waals surface area contributed by atoms with Crippen molar-refractivity contribution < 1.29 is 26.7 Å². The standard InChI is InChI=1S/C16H16N2O6S2.CH4/c1-25(21,22)14-4-2-3-11(7-14)12-5-6-15(16(20)8-12)18-9-13(10-19)17-26(18,23)24;/h2-8,10,13,17,20H,9H2,1H3;1H4. The number of anilines is 1. The van der Waals surface area contributed by atoms with Crippen molar-refractivity contribution in [3.8, 4) is 16.9 Å². The number of hydrogen-bond donors (Lipinski definition) is 2. The van der Waals surface area contributed by atoms with Crippen LogP contribution in [0.4, 0.5) is 5.69 Å². The molecule has 2 N–H and O–H groups in total. The number of phenolic OH excluding ortho intramolecular Hbond substituents is 1. The van der Waals surface area contributed by atoms with Gasteiger partial charge in [0.2, 0.25) is 0 Å². The zero-order valence-electron chi connectivity index (χ0n) is 13.7. The number of phenols is 1. The minimum atomic E-state index is -3.91. The Labute approximate surface area is 158 Å². The fraction of sp³-hybridized carbons (Fsp3) is 0.235. The lowest BCUT2D eigenvalue weighted by atomic mass is 10.0. The van der Waals surface area contributed by atoms with Crippen molar-refractivity contribution in [3.05, 3.63) is 42.5 Å². The summed E-state index contributed by atoms with van der Waals surface area (Å²) in [5.74, 6) is -0.302. The number of rotatable bonds is 4. The van der Waals surface area contributed by atoms with Crippen molar-refractivity contribution in [2.24, 2.45) is 0 Å². The SMILES string of the molecule is C.CS(=O)(=O)c1cccc(-c2ccc(N3CC(C=O)NS3(=O)=O)c(O)c2)c1. The van der Waals surface area contributed by atoms with Crippen LogP contribution in [0.25, 0.3) is 11.1 Å². The Kier molecular flexibility index (Phi) is 5.64. The van der Waals surface area contributed by atoms with Crippen LogP contribution >= 0.6 is 0 Å². The second kappa shape index (κ2) is 7.29. The Hall–Kier alpha value is -2.43. The largest absolute Gasteiger partial charge is 0.506 e. The average Bonchev–Trinajstić information content (AvgIpc) is 2.89. The van der Waals surface area contributed by atoms with E-state index in [1.807, 2.05) is 0 Å². The van der Waals surface area contributed by atoms with E-state index in [9.17, 15) is 26.7 Å². The maximum absolute atomic E-state index is 12.1. The van der Waals surface area contributed by atoms with Gasteiger partial charge in [0.1, 0.15) is 12.0 Å². The summed E-state index contributed by atoms with van der Waals surface area (Å²) in [4.78, 5) is 11.0. The number of nitrogens with one attached hydrogen (secondary N) is 1. The molecule has 1 fully saturated rings. The first kappa shape index (κ1) is 20.9. The quantitative estimate of drug-likeness (QED) is 0.731. The smallest absolute Gasteiger partial charge is 0.302 e. The number of nitrogens with zero attached hydrogens (tertiary/aromatic N) is 1.